The number of hydrogen-bond acceptors (Lipinski definition) is 15. The molecule has 0 amide bonds. The van der Waals surface area contributed by atoms with Gasteiger partial charge in [0.05, 0.1) is 19.8 Å². The maximum Gasteiger partial charge on any atom is 0.306 e. The van der Waals surface area contributed by atoms with Crippen molar-refractivity contribution in [3.8, 4) is 0 Å². The van der Waals surface area contributed by atoms with Crippen molar-refractivity contribution in [2.75, 3.05) is 26.4 Å². The first-order valence-corrected chi connectivity index (χ1v) is 25.4. The van der Waals surface area contributed by atoms with Gasteiger partial charge in [0, 0.05) is 12.8 Å². The van der Waals surface area contributed by atoms with E-state index in [1.165, 1.54) is 0 Å². The number of allylic oxidation sites excluding steroid dienone is 16. The van der Waals surface area contributed by atoms with Crippen LogP contribution in [-0.2, 0) is 38.0 Å². The van der Waals surface area contributed by atoms with Gasteiger partial charge in [-0.3, -0.25) is 9.59 Å². The molecular weight excluding hydrogens is 889 g/mol. The molecule has 0 aliphatic carbocycles. The van der Waals surface area contributed by atoms with Gasteiger partial charge in [-0.1, -0.05) is 150 Å². The van der Waals surface area contributed by atoms with Gasteiger partial charge < -0.3 is 64.2 Å². The quantitative estimate of drug-likeness (QED) is 0.0144. The highest BCUT2D eigenvalue weighted by Crippen LogP contribution is 2.26. The monoisotopic (exact) mass is 975 g/mol. The molecule has 5 unspecified atom stereocenters. The summed E-state index contributed by atoms with van der Waals surface area (Å²) < 4.78 is 33.5. The lowest BCUT2D eigenvalue weighted by Crippen LogP contribution is -2.61. The van der Waals surface area contributed by atoms with Crippen LogP contribution < -0.4 is 0 Å². The first-order valence-electron chi connectivity index (χ1n) is 25.4. The number of rotatable bonds is 37. The first kappa shape index (κ1) is 61.5. The molecule has 0 bridgehead atoms. The summed E-state index contributed by atoms with van der Waals surface area (Å²) in [6, 6.07) is 0. The van der Waals surface area contributed by atoms with E-state index < -0.39 is 99.3 Å². The summed E-state index contributed by atoms with van der Waals surface area (Å²) in [5, 5.41) is 72.0. The zero-order valence-electron chi connectivity index (χ0n) is 41.2. The van der Waals surface area contributed by atoms with E-state index in [-0.39, 0.29) is 19.4 Å². The minimum Gasteiger partial charge on any atom is -0.462 e. The highest BCUT2D eigenvalue weighted by Gasteiger charge is 2.47. The van der Waals surface area contributed by atoms with Crippen LogP contribution in [0.3, 0.4) is 0 Å². The number of ether oxygens (including phenoxy) is 6. The minimum atomic E-state index is -1.78. The summed E-state index contributed by atoms with van der Waals surface area (Å²) in [6.07, 6.45) is 33.0. The van der Waals surface area contributed by atoms with E-state index in [4.69, 9.17) is 28.4 Å². The molecule has 2 heterocycles. The summed E-state index contributed by atoms with van der Waals surface area (Å²) in [5.41, 5.74) is 0. The number of aliphatic hydroxyl groups is 7. The number of unbranched alkanes of at least 4 members (excludes halogenated alkanes) is 10. The summed E-state index contributed by atoms with van der Waals surface area (Å²) in [4.78, 5) is 25.7. The van der Waals surface area contributed by atoms with Crippen molar-refractivity contribution >= 4 is 11.9 Å². The van der Waals surface area contributed by atoms with E-state index in [9.17, 15) is 45.3 Å². The molecule has 0 aromatic carbocycles. The van der Waals surface area contributed by atoms with Crippen LogP contribution in [0.4, 0.5) is 0 Å². The van der Waals surface area contributed by atoms with Crippen LogP contribution in [0.25, 0.3) is 0 Å². The Balaban J connectivity index is 1.81. The summed E-state index contributed by atoms with van der Waals surface area (Å²) in [6.45, 7) is 2.25. The Morgan fingerprint density at radius 1 is 0.478 bits per heavy atom. The second kappa shape index (κ2) is 40.1. The Morgan fingerprint density at radius 2 is 0.942 bits per heavy atom. The summed E-state index contributed by atoms with van der Waals surface area (Å²) in [5.74, 6) is -0.994. The molecule has 0 radical (unpaired) electrons. The van der Waals surface area contributed by atoms with Crippen molar-refractivity contribution in [3.05, 3.63) is 97.2 Å². The number of carbonyl (C=O) groups excluding carboxylic acids is 2. The fourth-order valence-corrected chi connectivity index (χ4v) is 7.28. The van der Waals surface area contributed by atoms with Crippen LogP contribution in [-0.4, -0.2) is 142 Å². The van der Waals surface area contributed by atoms with Crippen molar-refractivity contribution in [2.45, 2.75) is 203 Å². The van der Waals surface area contributed by atoms with Crippen molar-refractivity contribution in [1.82, 2.24) is 0 Å². The van der Waals surface area contributed by atoms with Crippen molar-refractivity contribution in [2.24, 2.45) is 0 Å². The molecule has 2 saturated heterocycles. The first-order chi connectivity index (χ1) is 33.5. The molecule has 2 fully saturated rings. The Morgan fingerprint density at radius 3 is 1.55 bits per heavy atom. The van der Waals surface area contributed by atoms with E-state index in [2.05, 4.69) is 74.6 Å². The van der Waals surface area contributed by atoms with Gasteiger partial charge in [0.25, 0.3) is 0 Å². The predicted molar refractivity (Wildman–Crippen MR) is 265 cm³/mol. The molecular formula is C54H86O15. The third-order valence-corrected chi connectivity index (χ3v) is 11.4. The third kappa shape index (κ3) is 28.2. The largest absolute Gasteiger partial charge is 0.462 e. The van der Waals surface area contributed by atoms with Crippen molar-refractivity contribution in [3.63, 3.8) is 0 Å². The Labute approximate surface area is 411 Å². The van der Waals surface area contributed by atoms with E-state index >= 15 is 0 Å². The van der Waals surface area contributed by atoms with Gasteiger partial charge in [0.15, 0.2) is 18.7 Å². The minimum absolute atomic E-state index is 0.111. The highest BCUT2D eigenvalue weighted by molar-refractivity contribution is 5.70. The van der Waals surface area contributed by atoms with Gasteiger partial charge in [-0.15, -0.1) is 0 Å². The van der Waals surface area contributed by atoms with E-state index in [0.29, 0.717) is 12.8 Å². The van der Waals surface area contributed by atoms with Crippen LogP contribution in [0, 0.1) is 0 Å². The molecule has 15 heteroatoms. The lowest BCUT2D eigenvalue weighted by molar-refractivity contribution is -0.332. The predicted octanol–water partition coefficient (Wildman–Crippen LogP) is 6.98. The fourth-order valence-electron chi connectivity index (χ4n) is 7.28. The zero-order chi connectivity index (χ0) is 50.3. The van der Waals surface area contributed by atoms with Gasteiger partial charge in [-0.2, -0.15) is 0 Å². The van der Waals surface area contributed by atoms with E-state index in [1.807, 2.05) is 36.5 Å². The van der Waals surface area contributed by atoms with Crippen LogP contribution in [0.1, 0.15) is 136 Å². The molecule has 0 aromatic rings. The molecule has 2 aliphatic heterocycles. The Hall–Kier alpha value is -3.58. The zero-order valence-corrected chi connectivity index (χ0v) is 41.2. The van der Waals surface area contributed by atoms with Gasteiger partial charge in [0.1, 0.15) is 55.4 Å². The number of esters is 2. The lowest BCUT2D eigenvalue weighted by Gasteiger charge is -2.42. The average molecular weight is 975 g/mol. The van der Waals surface area contributed by atoms with Gasteiger partial charge >= 0.3 is 11.9 Å². The molecule has 2 aliphatic rings. The van der Waals surface area contributed by atoms with Crippen LogP contribution >= 0.6 is 0 Å². The third-order valence-electron chi connectivity index (χ3n) is 11.4. The number of carbonyl (C=O) groups is 2. The number of aliphatic hydroxyl groups excluding tert-OH is 7. The normalized spacial score (nSPS) is 26.4. The van der Waals surface area contributed by atoms with Gasteiger partial charge in [-0.25, -0.2) is 0 Å². The molecule has 0 saturated carbocycles. The number of hydrogen-bond donors (Lipinski definition) is 7. The maximum atomic E-state index is 13.0. The molecule has 2 rings (SSSR count). The van der Waals surface area contributed by atoms with Crippen LogP contribution in [0.15, 0.2) is 97.2 Å². The summed E-state index contributed by atoms with van der Waals surface area (Å²) >= 11 is 0. The highest BCUT2D eigenvalue weighted by atomic mass is 16.7. The maximum absolute atomic E-state index is 13.0. The van der Waals surface area contributed by atoms with Gasteiger partial charge in [0.2, 0.25) is 0 Å². The molecule has 0 spiro atoms. The lowest BCUT2D eigenvalue weighted by atomic mass is 9.98. The van der Waals surface area contributed by atoms with Crippen molar-refractivity contribution < 1.29 is 73.8 Å². The van der Waals surface area contributed by atoms with E-state index in [1.54, 1.807) is 0 Å². The molecule has 15 nitrogen and oxygen atoms in total. The fraction of sp³-hybridized carbons (Fsp3) is 0.667. The SMILES string of the molecule is CC/C=C/C=C/C=C/C=C/CCCCCC(=O)OC(COC(=O)CCCCCCCCC/C=C/C/C=C/C/C=C/C/C=C/CC)CO[C@@H]1O[C@H](CO[C@@H]2O[C@H](CO)[C@H](O)C(O)C2O)[C@H](O)C(O)C1O. The molecule has 7 N–H and O–H groups in total. The topological polar surface area (TPSA) is 231 Å². The molecule has 0 aromatic heterocycles. The van der Waals surface area contributed by atoms with Crippen LogP contribution in [0.5, 0.6) is 0 Å². The van der Waals surface area contributed by atoms with Crippen LogP contribution in [0.2, 0.25) is 0 Å². The second-order valence-corrected chi connectivity index (χ2v) is 17.3. The Bertz CT molecular complexity index is 1570. The molecule has 392 valence electrons. The van der Waals surface area contributed by atoms with Gasteiger partial charge in [-0.05, 0) is 70.6 Å². The Kier molecular flexibility index (Phi) is 35.7. The summed E-state index contributed by atoms with van der Waals surface area (Å²) in [7, 11) is 0. The van der Waals surface area contributed by atoms with Crippen molar-refractivity contribution in [1.29, 1.82) is 0 Å². The molecule has 11 atom stereocenters. The standard InChI is InChI=1S/C54H86O15/c1-3-5-7-9-11-13-15-17-18-19-20-21-22-23-25-26-28-30-32-34-36-45(56)64-39-42(67-46(57)37-35-33-31-29-27-24-16-14-12-10-8-6-4-2)40-65-53-52(63)50(61)48(59)44(69-53)41-66-54-51(62)49(60)47(58)43(38-55)68-54/h5-8,10-14,16-18,20-21,24,27,42-44,47-55,58-63H,3-4,9,15,19,22-23,25-26,28-41H2,1-2H3/b7-5+,8-6+,12-10+,13-11+,16-14+,18-17+,21-20+,27-24+/t42?,43-,44-,47+,48+,49?,50?,51?,52?,53-,54-/m1/s1. The van der Waals surface area contributed by atoms with E-state index in [0.717, 1.165) is 96.3 Å². The second-order valence-electron chi connectivity index (χ2n) is 17.3. The molecule has 69 heavy (non-hydrogen) atoms. The average Bonchev–Trinajstić information content (AvgIpc) is 3.34. The smallest absolute Gasteiger partial charge is 0.306 e.